The molecule has 1 unspecified atom stereocenters. The molecule has 2 heterocycles. The van der Waals surface area contributed by atoms with Crippen LogP contribution in [0.15, 0.2) is 24.5 Å². The molecule has 0 radical (unpaired) electrons. The van der Waals surface area contributed by atoms with Crippen molar-refractivity contribution < 1.29 is 8.42 Å². The van der Waals surface area contributed by atoms with Gasteiger partial charge < -0.3 is 0 Å². The third kappa shape index (κ3) is 3.07. The van der Waals surface area contributed by atoms with E-state index in [2.05, 4.69) is 9.71 Å². The number of aromatic nitrogens is 1. The first-order valence-electron chi connectivity index (χ1n) is 6.22. The first kappa shape index (κ1) is 13.5. The molecule has 0 amide bonds. The summed E-state index contributed by atoms with van der Waals surface area (Å²) in [4.78, 5) is 4.01. The van der Waals surface area contributed by atoms with E-state index < -0.39 is 10.2 Å². The Morgan fingerprint density at radius 1 is 1.28 bits per heavy atom. The molecule has 100 valence electrons. The Labute approximate surface area is 108 Å². The van der Waals surface area contributed by atoms with Crippen molar-refractivity contribution in [2.24, 2.45) is 0 Å². The maximum atomic E-state index is 11.8. The standard InChI is InChI=1S/C12H19N3O2S/c1-13-18(16,17)15-9-2-3-11(6-10-15)12-4-7-14-8-5-12/h4-5,7-8,11,13H,2-3,6,9-10H2,1H3. The van der Waals surface area contributed by atoms with Crippen molar-refractivity contribution in [1.29, 1.82) is 0 Å². The molecule has 0 aliphatic carbocycles. The van der Waals surface area contributed by atoms with Crippen molar-refractivity contribution in [3.63, 3.8) is 0 Å². The molecule has 1 aliphatic rings. The lowest BCUT2D eigenvalue weighted by Crippen LogP contribution is -2.39. The van der Waals surface area contributed by atoms with E-state index >= 15 is 0 Å². The molecule has 1 aromatic rings. The highest BCUT2D eigenvalue weighted by Gasteiger charge is 2.25. The number of pyridine rings is 1. The van der Waals surface area contributed by atoms with Crippen LogP contribution in [0.25, 0.3) is 0 Å². The minimum atomic E-state index is -3.28. The minimum Gasteiger partial charge on any atom is -0.265 e. The van der Waals surface area contributed by atoms with Gasteiger partial charge in [-0.1, -0.05) is 0 Å². The van der Waals surface area contributed by atoms with Gasteiger partial charge in [0.15, 0.2) is 0 Å². The predicted octanol–water partition coefficient (Wildman–Crippen LogP) is 1.12. The van der Waals surface area contributed by atoms with Gasteiger partial charge >= 0.3 is 0 Å². The van der Waals surface area contributed by atoms with E-state index in [9.17, 15) is 8.42 Å². The Hall–Kier alpha value is -0.980. The fourth-order valence-electron chi connectivity index (χ4n) is 2.41. The minimum absolute atomic E-state index is 0.435. The van der Waals surface area contributed by atoms with Crippen LogP contribution in [0.4, 0.5) is 0 Å². The Morgan fingerprint density at radius 2 is 2.00 bits per heavy atom. The lowest BCUT2D eigenvalue weighted by atomic mass is 9.93. The molecule has 1 fully saturated rings. The summed E-state index contributed by atoms with van der Waals surface area (Å²) in [5.41, 5.74) is 1.26. The molecule has 1 aromatic heterocycles. The van der Waals surface area contributed by atoms with Crippen molar-refractivity contribution >= 4 is 10.2 Å². The summed E-state index contributed by atoms with van der Waals surface area (Å²) in [6.45, 7) is 1.18. The van der Waals surface area contributed by atoms with Crippen LogP contribution >= 0.6 is 0 Å². The third-order valence-electron chi connectivity index (χ3n) is 3.46. The first-order valence-corrected chi connectivity index (χ1v) is 7.66. The van der Waals surface area contributed by atoms with Gasteiger partial charge in [-0.25, -0.2) is 4.72 Å². The third-order valence-corrected chi connectivity index (χ3v) is 5.02. The molecule has 18 heavy (non-hydrogen) atoms. The fourth-order valence-corrected chi connectivity index (χ4v) is 3.38. The van der Waals surface area contributed by atoms with Crippen LogP contribution < -0.4 is 4.72 Å². The summed E-state index contributed by atoms with van der Waals surface area (Å²) >= 11 is 0. The fraction of sp³-hybridized carbons (Fsp3) is 0.583. The molecule has 0 spiro atoms. The highest BCUT2D eigenvalue weighted by atomic mass is 32.2. The number of hydrogen-bond acceptors (Lipinski definition) is 3. The molecule has 0 saturated carbocycles. The van der Waals surface area contributed by atoms with Crippen LogP contribution in [0, 0.1) is 0 Å². The zero-order valence-corrected chi connectivity index (χ0v) is 11.4. The van der Waals surface area contributed by atoms with Crippen molar-refractivity contribution in [2.75, 3.05) is 20.1 Å². The second-order valence-electron chi connectivity index (χ2n) is 4.52. The van der Waals surface area contributed by atoms with Gasteiger partial charge in [0, 0.05) is 32.5 Å². The number of hydrogen-bond donors (Lipinski definition) is 1. The maximum Gasteiger partial charge on any atom is 0.279 e. The van der Waals surface area contributed by atoms with E-state index in [0.29, 0.717) is 19.0 Å². The number of nitrogens with zero attached hydrogens (tertiary/aromatic N) is 2. The molecular weight excluding hydrogens is 250 g/mol. The Kier molecular flexibility index (Phi) is 4.31. The molecule has 5 nitrogen and oxygen atoms in total. The van der Waals surface area contributed by atoms with E-state index in [0.717, 1.165) is 19.3 Å². The maximum absolute atomic E-state index is 11.8. The lowest BCUT2D eigenvalue weighted by Gasteiger charge is -2.19. The molecular formula is C12H19N3O2S. The van der Waals surface area contributed by atoms with Gasteiger partial charge in [-0.05, 0) is 42.9 Å². The lowest BCUT2D eigenvalue weighted by molar-refractivity contribution is 0.416. The van der Waals surface area contributed by atoms with Gasteiger partial charge in [0.05, 0.1) is 0 Å². The smallest absolute Gasteiger partial charge is 0.265 e. The van der Waals surface area contributed by atoms with Crippen LogP contribution in [0.2, 0.25) is 0 Å². The van der Waals surface area contributed by atoms with Gasteiger partial charge in [-0.15, -0.1) is 0 Å². The van der Waals surface area contributed by atoms with Gasteiger partial charge in [0.2, 0.25) is 0 Å². The quantitative estimate of drug-likeness (QED) is 0.894. The Balaban J connectivity index is 2.06. The second kappa shape index (κ2) is 5.77. The van der Waals surface area contributed by atoms with E-state index in [4.69, 9.17) is 0 Å². The molecule has 1 aliphatic heterocycles. The van der Waals surface area contributed by atoms with Crippen molar-refractivity contribution in [3.05, 3.63) is 30.1 Å². The van der Waals surface area contributed by atoms with Crippen molar-refractivity contribution in [1.82, 2.24) is 14.0 Å². The summed E-state index contributed by atoms with van der Waals surface area (Å²) in [5.74, 6) is 0.435. The summed E-state index contributed by atoms with van der Waals surface area (Å²) in [7, 11) is -1.82. The van der Waals surface area contributed by atoms with Crippen molar-refractivity contribution in [2.45, 2.75) is 25.2 Å². The molecule has 1 atom stereocenters. The first-order chi connectivity index (χ1) is 8.63. The number of nitrogens with one attached hydrogen (secondary N) is 1. The highest BCUT2D eigenvalue weighted by Crippen LogP contribution is 2.28. The van der Waals surface area contributed by atoms with Crippen LogP contribution in [-0.4, -0.2) is 37.8 Å². The van der Waals surface area contributed by atoms with E-state index in [1.54, 1.807) is 12.4 Å². The summed E-state index contributed by atoms with van der Waals surface area (Å²) in [6, 6.07) is 4.04. The van der Waals surface area contributed by atoms with Crippen LogP contribution in [-0.2, 0) is 10.2 Å². The average Bonchev–Trinajstić information content (AvgIpc) is 2.66. The topological polar surface area (TPSA) is 62.3 Å². The largest absolute Gasteiger partial charge is 0.279 e. The molecule has 0 bridgehead atoms. The molecule has 2 rings (SSSR count). The van der Waals surface area contributed by atoms with Crippen molar-refractivity contribution in [3.8, 4) is 0 Å². The van der Waals surface area contributed by atoms with Crippen LogP contribution in [0.5, 0.6) is 0 Å². The number of rotatable bonds is 3. The Bertz CT molecular complexity index is 475. The zero-order chi connectivity index (χ0) is 13.0. The Morgan fingerprint density at radius 3 is 2.67 bits per heavy atom. The highest BCUT2D eigenvalue weighted by molar-refractivity contribution is 7.87. The normalized spacial score (nSPS) is 22.6. The van der Waals surface area contributed by atoms with E-state index in [-0.39, 0.29) is 0 Å². The van der Waals surface area contributed by atoms with E-state index in [1.807, 2.05) is 12.1 Å². The average molecular weight is 269 g/mol. The second-order valence-corrected chi connectivity index (χ2v) is 6.39. The zero-order valence-electron chi connectivity index (χ0n) is 10.5. The van der Waals surface area contributed by atoms with Gasteiger partial charge in [-0.3, -0.25) is 4.98 Å². The summed E-state index contributed by atoms with van der Waals surface area (Å²) in [6.07, 6.45) is 6.38. The van der Waals surface area contributed by atoms with E-state index in [1.165, 1.54) is 16.9 Å². The molecule has 6 heteroatoms. The monoisotopic (exact) mass is 269 g/mol. The summed E-state index contributed by atoms with van der Waals surface area (Å²) < 4.78 is 27.4. The van der Waals surface area contributed by atoms with Gasteiger partial charge in [-0.2, -0.15) is 12.7 Å². The SMILES string of the molecule is CNS(=O)(=O)N1CCCC(c2ccncc2)CC1. The molecule has 1 N–H and O–H groups in total. The predicted molar refractivity (Wildman–Crippen MR) is 70.4 cm³/mol. The van der Waals surface area contributed by atoms with Crippen LogP contribution in [0.1, 0.15) is 30.7 Å². The summed E-state index contributed by atoms with van der Waals surface area (Å²) in [5, 5.41) is 0. The molecule has 0 aromatic carbocycles. The van der Waals surface area contributed by atoms with Gasteiger partial charge in [0.25, 0.3) is 10.2 Å². The van der Waals surface area contributed by atoms with Gasteiger partial charge in [0.1, 0.15) is 0 Å². The molecule has 1 saturated heterocycles. The van der Waals surface area contributed by atoms with Crippen LogP contribution in [0.3, 0.4) is 0 Å².